The topological polar surface area (TPSA) is 83.6 Å². The zero-order valence-electron chi connectivity index (χ0n) is 7.07. The van der Waals surface area contributed by atoms with Crippen LogP contribution in [0.25, 0.3) is 0 Å². The third kappa shape index (κ3) is 2.56. The van der Waals surface area contributed by atoms with Crippen molar-refractivity contribution >= 4 is 7.60 Å². The van der Waals surface area contributed by atoms with Gasteiger partial charge in [-0.15, -0.1) is 0 Å². The number of hydrogen-bond acceptors (Lipinski definition) is 2. The van der Waals surface area contributed by atoms with Crippen LogP contribution in [0.4, 0.5) is 0 Å². The zero-order valence-corrected chi connectivity index (χ0v) is 7.96. The average Bonchev–Trinajstić information content (AvgIpc) is 2.34. The highest BCUT2D eigenvalue weighted by molar-refractivity contribution is 7.51. The van der Waals surface area contributed by atoms with Crippen molar-refractivity contribution in [2.45, 2.75) is 25.7 Å². The van der Waals surface area contributed by atoms with E-state index in [1.807, 2.05) is 0 Å². The lowest BCUT2D eigenvalue weighted by atomic mass is 9.89. The fourth-order valence-electron chi connectivity index (χ4n) is 1.99. The van der Waals surface area contributed by atoms with Crippen LogP contribution in [0.5, 0.6) is 0 Å². The molecule has 1 saturated carbocycles. The summed E-state index contributed by atoms with van der Waals surface area (Å²) < 4.78 is 10.8. The highest BCUT2D eigenvalue weighted by Gasteiger charge is 2.38. The van der Waals surface area contributed by atoms with E-state index in [0.717, 1.165) is 25.7 Å². The van der Waals surface area contributed by atoms with Crippen molar-refractivity contribution in [1.82, 2.24) is 0 Å². The van der Waals surface area contributed by atoms with Crippen molar-refractivity contribution < 1.29 is 14.4 Å². The fraction of sp³-hybridized carbons (Fsp3) is 1.00. The van der Waals surface area contributed by atoms with Gasteiger partial charge in [0, 0.05) is 0 Å². The third-order valence-electron chi connectivity index (χ3n) is 2.64. The fourth-order valence-corrected chi connectivity index (χ4v) is 3.31. The van der Waals surface area contributed by atoms with Crippen LogP contribution in [-0.4, -0.2) is 22.5 Å². The lowest BCUT2D eigenvalue weighted by Gasteiger charge is -2.26. The van der Waals surface area contributed by atoms with Crippen LogP contribution in [-0.2, 0) is 4.57 Å². The molecule has 0 aliphatic heterocycles. The molecule has 0 radical (unpaired) electrons. The molecule has 0 atom stereocenters. The van der Waals surface area contributed by atoms with Crippen LogP contribution in [0.3, 0.4) is 0 Å². The summed E-state index contributed by atoms with van der Waals surface area (Å²) in [6.07, 6.45) is 3.81. The minimum Gasteiger partial charge on any atom is -0.330 e. The van der Waals surface area contributed by atoms with Gasteiger partial charge in [-0.2, -0.15) is 0 Å². The van der Waals surface area contributed by atoms with Crippen molar-refractivity contribution in [3.63, 3.8) is 0 Å². The van der Waals surface area contributed by atoms with Gasteiger partial charge in [0.05, 0.1) is 6.16 Å². The summed E-state index contributed by atoms with van der Waals surface area (Å²) in [7, 11) is -3.88. The molecule has 12 heavy (non-hydrogen) atoms. The van der Waals surface area contributed by atoms with Crippen molar-refractivity contribution in [1.29, 1.82) is 0 Å². The molecule has 4 nitrogen and oxygen atoms in total. The van der Waals surface area contributed by atoms with Crippen LogP contribution in [0, 0.1) is 5.41 Å². The SMILES string of the molecule is NCC1(CP(=O)(O)O)CCCC1. The molecule has 1 fully saturated rings. The van der Waals surface area contributed by atoms with E-state index in [-0.39, 0.29) is 11.6 Å². The van der Waals surface area contributed by atoms with E-state index in [2.05, 4.69) is 0 Å². The van der Waals surface area contributed by atoms with Gasteiger partial charge < -0.3 is 15.5 Å². The summed E-state index contributed by atoms with van der Waals surface area (Å²) in [6.45, 7) is 0.401. The number of nitrogens with two attached hydrogens (primary N) is 1. The van der Waals surface area contributed by atoms with E-state index in [4.69, 9.17) is 15.5 Å². The van der Waals surface area contributed by atoms with Crippen molar-refractivity contribution in [2.75, 3.05) is 12.7 Å². The van der Waals surface area contributed by atoms with Crippen LogP contribution >= 0.6 is 7.60 Å². The van der Waals surface area contributed by atoms with E-state index >= 15 is 0 Å². The molecule has 5 heteroatoms. The Morgan fingerprint density at radius 1 is 1.33 bits per heavy atom. The lowest BCUT2D eigenvalue weighted by Crippen LogP contribution is -2.31. The van der Waals surface area contributed by atoms with Gasteiger partial charge >= 0.3 is 7.60 Å². The Hall–Kier alpha value is 0.110. The smallest absolute Gasteiger partial charge is 0.326 e. The predicted molar refractivity (Wildman–Crippen MR) is 46.9 cm³/mol. The largest absolute Gasteiger partial charge is 0.330 e. The molecule has 0 heterocycles. The zero-order chi connectivity index (χ0) is 9.24. The Labute approximate surface area is 72.3 Å². The molecule has 0 saturated heterocycles. The molecule has 72 valence electrons. The Balaban J connectivity index is 2.62. The summed E-state index contributed by atoms with van der Waals surface area (Å²) in [6, 6.07) is 0. The van der Waals surface area contributed by atoms with Gasteiger partial charge in [0.2, 0.25) is 0 Å². The molecule has 0 unspecified atom stereocenters. The Morgan fingerprint density at radius 3 is 2.17 bits per heavy atom. The summed E-state index contributed by atoms with van der Waals surface area (Å²) in [5.41, 5.74) is 5.27. The Bertz CT molecular complexity index is 195. The first-order valence-electron chi connectivity index (χ1n) is 4.22. The standard InChI is InChI=1S/C7H16NO3P/c8-5-7(3-1-2-4-7)6-12(9,10)11/h1-6,8H2,(H2,9,10,11). The van der Waals surface area contributed by atoms with Crippen molar-refractivity contribution in [3.05, 3.63) is 0 Å². The van der Waals surface area contributed by atoms with E-state index in [1.165, 1.54) is 0 Å². The Kier molecular flexibility index (Phi) is 2.94. The molecule has 1 rings (SSSR count). The predicted octanol–water partition coefficient (Wildman–Crippen LogP) is 0.683. The van der Waals surface area contributed by atoms with Crippen LogP contribution in [0.15, 0.2) is 0 Å². The van der Waals surface area contributed by atoms with Gasteiger partial charge in [0.15, 0.2) is 0 Å². The third-order valence-corrected chi connectivity index (χ3v) is 3.72. The van der Waals surface area contributed by atoms with Gasteiger partial charge in [0.25, 0.3) is 0 Å². The second-order valence-corrected chi connectivity index (χ2v) is 5.38. The first kappa shape index (κ1) is 10.2. The van der Waals surface area contributed by atoms with E-state index < -0.39 is 7.60 Å². The molecule has 0 amide bonds. The normalized spacial score (nSPS) is 22.9. The van der Waals surface area contributed by atoms with Crippen LogP contribution < -0.4 is 5.73 Å². The molecular weight excluding hydrogens is 177 g/mol. The molecule has 0 bridgehead atoms. The molecule has 1 aliphatic carbocycles. The van der Waals surface area contributed by atoms with Crippen molar-refractivity contribution in [2.24, 2.45) is 11.1 Å². The van der Waals surface area contributed by atoms with E-state index in [9.17, 15) is 4.57 Å². The molecule has 0 aromatic rings. The summed E-state index contributed by atoms with van der Waals surface area (Å²) in [5.74, 6) is 0. The van der Waals surface area contributed by atoms with E-state index in [0.29, 0.717) is 6.54 Å². The quantitative estimate of drug-likeness (QED) is 0.575. The maximum Gasteiger partial charge on any atom is 0.326 e. The highest BCUT2D eigenvalue weighted by Crippen LogP contribution is 2.48. The van der Waals surface area contributed by atoms with Crippen LogP contribution in [0.2, 0.25) is 0 Å². The first-order valence-corrected chi connectivity index (χ1v) is 6.02. The van der Waals surface area contributed by atoms with Gasteiger partial charge in [0.1, 0.15) is 0 Å². The van der Waals surface area contributed by atoms with Gasteiger partial charge in [-0.1, -0.05) is 12.8 Å². The molecule has 1 aliphatic rings. The Morgan fingerprint density at radius 2 is 1.83 bits per heavy atom. The molecular formula is C7H16NO3P. The minimum absolute atomic E-state index is 0.0312. The second-order valence-electron chi connectivity index (χ2n) is 3.73. The molecule has 0 spiro atoms. The molecule has 0 aromatic heterocycles. The number of rotatable bonds is 3. The van der Waals surface area contributed by atoms with Gasteiger partial charge in [-0.25, -0.2) is 0 Å². The molecule has 4 N–H and O–H groups in total. The average molecular weight is 193 g/mol. The minimum atomic E-state index is -3.88. The number of hydrogen-bond donors (Lipinski definition) is 3. The molecule has 0 aromatic carbocycles. The maximum atomic E-state index is 10.8. The second kappa shape index (κ2) is 3.46. The monoisotopic (exact) mass is 193 g/mol. The maximum absolute atomic E-state index is 10.8. The summed E-state index contributed by atoms with van der Waals surface area (Å²) in [5, 5.41) is 0. The van der Waals surface area contributed by atoms with Gasteiger partial charge in [-0.05, 0) is 24.8 Å². The summed E-state index contributed by atoms with van der Waals surface area (Å²) >= 11 is 0. The van der Waals surface area contributed by atoms with Crippen molar-refractivity contribution in [3.8, 4) is 0 Å². The van der Waals surface area contributed by atoms with Gasteiger partial charge in [-0.3, -0.25) is 4.57 Å². The van der Waals surface area contributed by atoms with E-state index in [1.54, 1.807) is 0 Å². The highest BCUT2D eigenvalue weighted by atomic mass is 31.2. The lowest BCUT2D eigenvalue weighted by molar-refractivity contribution is 0.303. The van der Waals surface area contributed by atoms with Crippen LogP contribution in [0.1, 0.15) is 25.7 Å². The summed E-state index contributed by atoms with van der Waals surface area (Å²) in [4.78, 5) is 17.7. The first-order chi connectivity index (χ1) is 5.47.